The van der Waals surface area contributed by atoms with Crippen molar-refractivity contribution in [1.29, 1.82) is 0 Å². The van der Waals surface area contributed by atoms with Gasteiger partial charge in [0.1, 0.15) is 22.6 Å². The number of fused-ring (bicyclic) bond motifs is 1. The monoisotopic (exact) mass is 321 g/mol. The van der Waals surface area contributed by atoms with E-state index < -0.39 is 0 Å². The third-order valence-corrected chi connectivity index (χ3v) is 3.03. The van der Waals surface area contributed by atoms with E-state index in [9.17, 15) is 4.79 Å². The van der Waals surface area contributed by atoms with Crippen molar-refractivity contribution in [3.63, 3.8) is 0 Å². The number of hydrogen-bond donors (Lipinski definition) is 3. The largest absolute Gasteiger partial charge is 0.362 e. The Labute approximate surface area is 114 Å². The molecular formula is C10H8BrN7O. The summed E-state index contributed by atoms with van der Waals surface area (Å²) in [6.07, 6.45) is 2.87. The van der Waals surface area contributed by atoms with Crippen molar-refractivity contribution in [2.75, 3.05) is 5.32 Å². The molecule has 0 radical (unpaired) electrons. The van der Waals surface area contributed by atoms with Crippen molar-refractivity contribution in [3.8, 4) is 0 Å². The average molecular weight is 322 g/mol. The highest BCUT2D eigenvalue weighted by Gasteiger charge is 2.10. The first-order chi connectivity index (χ1) is 9.24. The molecule has 0 aliphatic carbocycles. The van der Waals surface area contributed by atoms with Crippen molar-refractivity contribution in [3.05, 3.63) is 39.4 Å². The van der Waals surface area contributed by atoms with E-state index in [1.54, 1.807) is 0 Å². The minimum atomic E-state index is -0.191. The molecule has 3 heterocycles. The molecule has 0 bridgehead atoms. The molecule has 0 aromatic carbocycles. The van der Waals surface area contributed by atoms with E-state index >= 15 is 0 Å². The van der Waals surface area contributed by atoms with Gasteiger partial charge in [-0.3, -0.25) is 9.89 Å². The van der Waals surface area contributed by atoms with Crippen LogP contribution in [0.4, 0.5) is 5.82 Å². The lowest BCUT2D eigenvalue weighted by Crippen LogP contribution is -2.12. The molecule has 0 saturated heterocycles. The first-order valence-electron chi connectivity index (χ1n) is 5.36. The molecule has 3 aromatic rings. The highest BCUT2D eigenvalue weighted by atomic mass is 79.9. The van der Waals surface area contributed by atoms with Gasteiger partial charge in [0.15, 0.2) is 5.65 Å². The van der Waals surface area contributed by atoms with Gasteiger partial charge in [0.25, 0.3) is 5.56 Å². The number of anilines is 1. The molecule has 8 nitrogen and oxygen atoms in total. The summed E-state index contributed by atoms with van der Waals surface area (Å²) in [4.78, 5) is 26.0. The van der Waals surface area contributed by atoms with E-state index in [-0.39, 0.29) is 5.56 Å². The third-order valence-electron chi connectivity index (χ3n) is 2.45. The lowest BCUT2D eigenvalue weighted by molar-refractivity contribution is 0.923. The molecule has 19 heavy (non-hydrogen) atoms. The molecule has 9 heteroatoms. The van der Waals surface area contributed by atoms with Crippen LogP contribution in [0, 0.1) is 0 Å². The summed E-state index contributed by atoms with van der Waals surface area (Å²) in [5.74, 6) is 1.14. The Morgan fingerprint density at radius 2 is 2.21 bits per heavy atom. The van der Waals surface area contributed by atoms with Crippen LogP contribution in [0.1, 0.15) is 5.82 Å². The van der Waals surface area contributed by atoms with Crippen LogP contribution in [0.15, 0.2) is 28.0 Å². The highest BCUT2D eigenvalue weighted by Crippen LogP contribution is 2.25. The Balaban J connectivity index is 1.90. The van der Waals surface area contributed by atoms with Gasteiger partial charge in [0.05, 0.1) is 11.9 Å². The number of nitrogens with one attached hydrogen (secondary N) is 3. The average Bonchev–Trinajstić information content (AvgIpc) is 2.79. The second-order valence-electron chi connectivity index (χ2n) is 3.69. The van der Waals surface area contributed by atoms with Gasteiger partial charge in [-0.15, -0.1) is 0 Å². The summed E-state index contributed by atoms with van der Waals surface area (Å²) < 4.78 is 0.695. The number of hydrogen-bond acceptors (Lipinski definition) is 6. The molecule has 0 amide bonds. The van der Waals surface area contributed by atoms with Crippen LogP contribution in [0.3, 0.4) is 0 Å². The number of H-pyrrole nitrogens is 2. The van der Waals surface area contributed by atoms with E-state index in [0.29, 0.717) is 28.4 Å². The van der Waals surface area contributed by atoms with Crippen LogP contribution in [0.5, 0.6) is 0 Å². The fraction of sp³-hybridized carbons (Fsp3) is 0.100. The van der Waals surface area contributed by atoms with Gasteiger partial charge in [-0.2, -0.15) is 5.10 Å². The number of rotatable bonds is 3. The molecule has 0 spiro atoms. The molecule has 96 valence electrons. The van der Waals surface area contributed by atoms with Crippen LogP contribution >= 0.6 is 15.9 Å². The molecule has 3 rings (SSSR count). The first-order valence-corrected chi connectivity index (χ1v) is 6.16. The lowest BCUT2D eigenvalue weighted by atomic mass is 10.4. The quantitative estimate of drug-likeness (QED) is 0.658. The fourth-order valence-electron chi connectivity index (χ4n) is 1.62. The summed E-state index contributed by atoms with van der Waals surface area (Å²) in [7, 11) is 0. The maximum absolute atomic E-state index is 11.2. The van der Waals surface area contributed by atoms with Gasteiger partial charge in [0, 0.05) is 12.3 Å². The number of halogens is 1. The molecule has 0 saturated carbocycles. The molecule has 0 atom stereocenters. The van der Waals surface area contributed by atoms with Crippen LogP contribution in [0.2, 0.25) is 0 Å². The normalized spacial score (nSPS) is 10.8. The molecule has 0 fully saturated rings. The Morgan fingerprint density at radius 3 is 3.05 bits per heavy atom. The topological polar surface area (TPSA) is 112 Å². The summed E-state index contributed by atoms with van der Waals surface area (Å²) in [5, 5.41) is 10.6. The molecule has 3 N–H and O–H groups in total. The van der Waals surface area contributed by atoms with E-state index in [0.717, 1.165) is 5.39 Å². The van der Waals surface area contributed by atoms with Gasteiger partial charge in [-0.05, 0) is 15.9 Å². The summed E-state index contributed by atoms with van der Waals surface area (Å²) in [5.41, 5.74) is 0.364. The Kier molecular flexibility index (Phi) is 2.95. The number of nitrogens with zero attached hydrogens (tertiary/aromatic N) is 4. The molecule has 0 unspecified atom stereocenters. The SMILES string of the molecule is O=c1ccnc(CNc2ncnc3n[nH]c(Br)c23)[nH]1. The number of aromatic amines is 2. The second-order valence-corrected chi connectivity index (χ2v) is 4.49. The summed E-state index contributed by atoms with van der Waals surface area (Å²) in [6, 6.07) is 1.36. The zero-order valence-corrected chi connectivity index (χ0v) is 11.1. The smallest absolute Gasteiger partial charge is 0.250 e. The Hall–Kier alpha value is -2.29. The second kappa shape index (κ2) is 4.76. The maximum atomic E-state index is 11.2. The maximum Gasteiger partial charge on any atom is 0.250 e. The summed E-state index contributed by atoms with van der Waals surface area (Å²) >= 11 is 3.34. The highest BCUT2D eigenvalue weighted by molar-refractivity contribution is 9.10. The number of aromatic nitrogens is 6. The predicted molar refractivity (Wildman–Crippen MR) is 71.6 cm³/mol. The zero-order chi connectivity index (χ0) is 13.2. The standard InChI is InChI=1S/C10H8BrN7O/c11-8-7-9(14-4-15-10(7)18-17-8)13-3-5-12-2-1-6(19)16-5/h1-2,4H,3H2,(H,12,16,19)(H2,13,14,15,17,18). The van der Waals surface area contributed by atoms with Gasteiger partial charge >= 0.3 is 0 Å². The van der Waals surface area contributed by atoms with Gasteiger partial charge < -0.3 is 10.3 Å². The first kappa shape index (κ1) is 11.8. The van der Waals surface area contributed by atoms with E-state index in [2.05, 4.69) is 51.4 Å². The van der Waals surface area contributed by atoms with Crippen molar-refractivity contribution in [1.82, 2.24) is 30.1 Å². The zero-order valence-electron chi connectivity index (χ0n) is 9.51. The van der Waals surface area contributed by atoms with E-state index in [1.807, 2.05) is 0 Å². The Bertz CT molecular complexity index is 781. The van der Waals surface area contributed by atoms with E-state index in [4.69, 9.17) is 0 Å². The van der Waals surface area contributed by atoms with Crippen LogP contribution in [-0.4, -0.2) is 30.1 Å². The van der Waals surface area contributed by atoms with Crippen molar-refractivity contribution < 1.29 is 0 Å². The molecule has 3 aromatic heterocycles. The lowest BCUT2D eigenvalue weighted by Gasteiger charge is -2.05. The molecular weight excluding hydrogens is 314 g/mol. The predicted octanol–water partition coefficient (Wildman–Crippen LogP) is 0.811. The van der Waals surface area contributed by atoms with Crippen molar-refractivity contribution in [2.24, 2.45) is 0 Å². The van der Waals surface area contributed by atoms with Crippen LogP contribution < -0.4 is 10.9 Å². The summed E-state index contributed by atoms with van der Waals surface area (Å²) in [6.45, 7) is 0.347. The van der Waals surface area contributed by atoms with Gasteiger partial charge in [0.2, 0.25) is 0 Å². The molecule has 0 aliphatic rings. The third kappa shape index (κ3) is 2.32. The van der Waals surface area contributed by atoms with Crippen LogP contribution in [0.25, 0.3) is 11.0 Å². The van der Waals surface area contributed by atoms with E-state index in [1.165, 1.54) is 18.6 Å². The van der Waals surface area contributed by atoms with Crippen LogP contribution in [-0.2, 0) is 6.54 Å². The Morgan fingerprint density at radius 1 is 1.32 bits per heavy atom. The minimum absolute atomic E-state index is 0.191. The van der Waals surface area contributed by atoms with Gasteiger partial charge in [-0.25, -0.2) is 15.0 Å². The van der Waals surface area contributed by atoms with Crippen molar-refractivity contribution in [2.45, 2.75) is 6.54 Å². The molecule has 0 aliphatic heterocycles. The minimum Gasteiger partial charge on any atom is -0.362 e. The fourth-order valence-corrected chi connectivity index (χ4v) is 2.08. The van der Waals surface area contributed by atoms with Crippen molar-refractivity contribution >= 4 is 32.8 Å². The van der Waals surface area contributed by atoms with Gasteiger partial charge in [-0.1, -0.05) is 0 Å².